The van der Waals surface area contributed by atoms with Gasteiger partial charge in [-0.25, -0.2) is 4.21 Å². The van der Waals surface area contributed by atoms with Crippen LogP contribution in [0.5, 0.6) is 0 Å². The van der Waals surface area contributed by atoms with Crippen molar-refractivity contribution in [3.05, 3.63) is 35.9 Å². The minimum absolute atomic E-state index is 0.218. The molecule has 1 aromatic carbocycles. The number of hydrogen-bond donors (Lipinski definition) is 1. The van der Waals surface area contributed by atoms with Gasteiger partial charge in [0.05, 0.1) is 0 Å². The molecular formula is C8H9IO2S. The van der Waals surface area contributed by atoms with Crippen LogP contribution in [0.2, 0.25) is 0 Å². The maximum absolute atomic E-state index is 10.6. The van der Waals surface area contributed by atoms with Gasteiger partial charge < -0.3 is 4.55 Å². The van der Waals surface area contributed by atoms with Gasteiger partial charge in [0, 0.05) is 0 Å². The van der Waals surface area contributed by atoms with Gasteiger partial charge in [0.15, 0.2) is 11.1 Å². The van der Waals surface area contributed by atoms with Gasteiger partial charge in [-0.05, 0) is 12.0 Å². The number of hydrogen-bond acceptors (Lipinski definition) is 1. The summed E-state index contributed by atoms with van der Waals surface area (Å²) in [4.78, 5) is 0. The fourth-order valence-electron chi connectivity index (χ4n) is 0.871. The molecule has 4 heteroatoms. The van der Waals surface area contributed by atoms with Crippen LogP contribution in [0.25, 0.3) is 0 Å². The van der Waals surface area contributed by atoms with Crippen molar-refractivity contribution in [1.29, 1.82) is 0 Å². The summed E-state index contributed by atoms with van der Waals surface area (Å²) in [5.41, 5.74) is 1.10. The van der Waals surface area contributed by atoms with Crippen molar-refractivity contribution < 1.29 is 8.76 Å². The van der Waals surface area contributed by atoms with Gasteiger partial charge in [-0.1, -0.05) is 52.9 Å². The van der Waals surface area contributed by atoms with E-state index in [1.165, 1.54) is 0 Å². The fraction of sp³-hybridized carbons (Fsp3) is 0.250. The maximum Gasteiger partial charge on any atom is 0.166 e. The summed E-state index contributed by atoms with van der Waals surface area (Å²) in [6.45, 7) is 0. The molecule has 0 heterocycles. The zero-order valence-electron chi connectivity index (χ0n) is 6.31. The minimum atomic E-state index is -1.72. The number of benzene rings is 1. The summed E-state index contributed by atoms with van der Waals surface area (Å²) in [7, 11) is 0. The lowest BCUT2D eigenvalue weighted by Crippen LogP contribution is -2.08. The van der Waals surface area contributed by atoms with Crippen molar-refractivity contribution in [1.82, 2.24) is 0 Å². The molecule has 12 heavy (non-hydrogen) atoms. The standard InChI is InChI=1S/C8H9IO2S/c9-8(12(10)11)6-7-4-2-1-3-5-7/h1-5,8H,6H2,(H,10,11). The molecule has 0 amide bonds. The molecule has 0 bridgehead atoms. The quantitative estimate of drug-likeness (QED) is 0.527. The Bertz CT molecular complexity index is 263. The first-order chi connectivity index (χ1) is 5.70. The van der Waals surface area contributed by atoms with Crippen molar-refractivity contribution in [3.63, 3.8) is 0 Å². The Morgan fingerprint density at radius 1 is 1.42 bits per heavy atom. The molecule has 66 valence electrons. The molecule has 0 saturated carbocycles. The molecule has 1 rings (SSSR count). The second-order valence-corrected chi connectivity index (χ2v) is 5.85. The van der Waals surface area contributed by atoms with E-state index in [1.54, 1.807) is 0 Å². The largest absolute Gasteiger partial charge is 0.305 e. The Hall–Kier alpha value is 0.0600. The number of halogens is 1. The zero-order chi connectivity index (χ0) is 8.97. The fourth-order valence-corrected chi connectivity index (χ4v) is 1.71. The van der Waals surface area contributed by atoms with Crippen LogP contribution in [0.15, 0.2) is 30.3 Å². The molecular weight excluding hydrogens is 287 g/mol. The Balaban J connectivity index is 2.58. The molecule has 0 aromatic heterocycles. The summed E-state index contributed by atoms with van der Waals surface area (Å²) in [6.07, 6.45) is 0.643. The SMILES string of the molecule is O=S(O)C(I)Cc1ccccc1. The van der Waals surface area contributed by atoms with E-state index in [9.17, 15) is 4.21 Å². The molecule has 0 saturated heterocycles. The maximum atomic E-state index is 10.6. The van der Waals surface area contributed by atoms with E-state index in [0.29, 0.717) is 6.42 Å². The summed E-state index contributed by atoms with van der Waals surface area (Å²) < 4.78 is 19.1. The molecule has 2 atom stereocenters. The van der Waals surface area contributed by atoms with Gasteiger partial charge in [-0.3, -0.25) is 0 Å². The summed E-state index contributed by atoms with van der Waals surface area (Å²) in [5.74, 6) is 0. The molecule has 1 aromatic rings. The average Bonchev–Trinajstić information content (AvgIpc) is 2.06. The van der Waals surface area contributed by atoms with Gasteiger partial charge in [-0.15, -0.1) is 0 Å². The van der Waals surface area contributed by atoms with Crippen LogP contribution in [0.3, 0.4) is 0 Å². The molecule has 2 unspecified atom stereocenters. The van der Waals surface area contributed by atoms with E-state index in [2.05, 4.69) is 0 Å². The predicted molar refractivity (Wildman–Crippen MR) is 58.7 cm³/mol. The Morgan fingerprint density at radius 3 is 2.50 bits per heavy atom. The zero-order valence-corrected chi connectivity index (χ0v) is 9.29. The molecule has 1 N–H and O–H groups in total. The minimum Gasteiger partial charge on any atom is -0.305 e. The first-order valence-electron chi connectivity index (χ1n) is 3.48. The predicted octanol–water partition coefficient (Wildman–Crippen LogP) is 2.21. The van der Waals surface area contributed by atoms with Crippen LogP contribution >= 0.6 is 22.6 Å². The van der Waals surface area contributed by atoms with Gasteiger partial charge in [0.1, 0.15) is 3.26 Å². The van der Waals surface area contributed by atoms with Crippen LogP contribution in [0, 0.1) is 0 Å². The molecule has 2 nitrogen and oxygen atoms in total. The second kappa shape index (κ2) is 4.94. The highest BCUT2D eigenvalue weighted by atomic mass is 127. The highest BCUT2D eigenvalue weighted by Crippen LogP contribution is 2.12. The molecule has 0 aliphatic heterocycles. The van der Waals surface area contributed by atoms with E-state index >= 15 is 0 Å². The summed E-state index contributed by atoms with van der Waals surface area (Å²) >= 11 is 0.261. The third-order valence-corrected chi connectivity index (χ3v) is 3.81. The van der Waals surface area contributed by atoms with Crippen LogP contribution in [-0.4, -0.2) is 12.0 Å². The lowest BCUT2D eigenvalue weighted by atomic mass is 10.2. The Labute approximate surface area is 87.8 Å². The van der Waals surface area contributed by atoms with Crippen molar-refractivity contribution in [2.24, 2.45) is 0 Å². The van der Waals surface area contributed by atoms with Gasteiger partial charge >= 0.3 is 0 Å². The number of rotatable bonds is 3. The van der Waals surface area contributed by atoms with Gasteiger partial charge in [-0.2, -0.15) is 0 Å². The molecule has 0 radical (unpaired) electrons. The highest BCUT2D eigenvalue weighted by molar-refractivity contribution is 14.1. The molecule has 0 aliphatic carbocycles. The second-order valence-electron chi connectivity index (χ2n) is 2.38. The monoisotopic (exact) mass is 296 g/mol. The summed E-state index contributed by atoms with van der Waals surface area (Å²) in [6, 6.07) is 9.70. The summed E-state index contributed by atoms with van der Waals surface area (Å²) in [5, 5.41) is 0. The van der Waals surface area contributed by atoms with Gasteiger partial charge in [0.2, 0.25) is 0 Å². The van der Waals surface area contributed by atoms with Gasteiger partial charge in [0.25, 0.3) is 0 Å². The topological polar surface area (TPSA) is 37.3 Å². The van der Waals surface area contributed by atoms with E-state index in [0.717, 1.165) is 5.56 Å². The van der Waals surface area contributed by atoms with Crippen molar-refractivity contribution in [3.8, 4) is 0 Å². The lowest BCUT2D eigenvalue weighted by molar-refractivity contribution is 0.562. The Morgan fingerprint density at radius 2 is 2.00 bits per heavy atom. The van der Waals surface area contributed by atoms with E-state index in [1.807, 2.05) is 52.9 Å². The van der Waals surface area contributed by atoms with Crippen LogP contribution in [0.1, 0.15) is 5.56 Å². The first-order valence-corrected chi connectivity index (χ1v) is 5.89. The third kappa shape index (κ3) is 3.20. The van der Waals surface area contributed by atoms with Crippen molar-refractivity contribution in [2.45, 2.75) is 9.68 Å². The molecule has 0 spiro atoms. The smallest absolute Gasteiger partial charge is 0.166 e. The van der Waals surface area contributed by atoms with E-state index in [4.69, 9.17) is 4.55 Å². The third-order valence-electron chi connectivity index (χ3n) is 1.46. The van der Waals surface area contributed by atoms with Crippen LogP contribution < -0.4 is 0 Å². The molecule has 0 aliphatic rings. The first kappa shape index (κ1) is 10.1. The van der Waals surface area contributed by atoms with E-state index < -0.39 is 11.1 Å². The Kier molecular flexibility index (Phi) is 4.17. The van der Waals surface area contributed by atoms with E-state index in [-0.39, 0.29) is 3.26 Å². The van der Waals surface area contributed by atoms with Crippen molar-refractivity contribution in [2.75, 3.05) is 0 Å². The average molecular weight is 296 g/mol. The van der Waals surface area contributed by atoms with Crippen LogP contribution in [0.4, 0.5) is 0 Å². The van der Waals surface area contributed by atoms with Crippen molar-refractivity contribution >= 4 is 33.7 Å². The normalized spacial score (nSPS) is 15.5. The highest BCUT2D eigenvalue weighted by Gasteiger charge is 2.10. The lowest BCUT2D eigenvalue weighted by Gasteiger charge is -2.03. The number of alkyl halides is 1. The van der Waals surface area contributed by atoms with Crippen LogP contribution in [-0.2, 0) is 17.5 Å². The molecule has 0 fully saturated rings.